The van der Waals surface area contributed by atoms with E-state index in [1.807, 2.05) is 18.3 Å². The van der Waals surface area contributed by atoms with Gasteiger partial charge in [0.25, 0.3) is 5.91 Å². The van der Waals surface area contributed by atoms with Crippen molar-refractivity contribution in [3.8, 4) is 11.1 Å². The monoisotopic (exact) mass is 329 g/mol. The first-order valence-corrected chi connectivity index (χ1v) is 8.56. The average Bonchev–Trinajstić information content (AvgIpc) is 3.28. The molecule has 118 valence electrons. The first-order chi connectivity index (χ1) is 11.2. The van der Waals surface area contributed by atoms with Gasteiger partial charge in [-0.1, -0.05) is 0 Å². The number of nitrogens with one attached hydrogen (secondary N) is 1. The summed E-state index contributed by atoms with van der Waals surface area (Å²) in [5.74, 6) is 0.625. The fraction of sp³-hybridized carbons (Fsp3) is 0.267. The Bertz CT molecular complexity index is 806. The van der Waals surface area contributed by atoms with Crippen molar-refractivity contribution in [1.82, 2.24) is 19.5 Å². The molecular formula is C15H15N5O2S. The van der Waals surface area contributed by atoms with Crippen molar-refractivity contribution in [1.29, 1.82) is 0 Å². The number of aromatic nitrogens is 3. The maximum absolute atomic E-state index is 11.8. The van der Waals surface area contributed by atoms with Crippen LogP contribution in [0.3, 0.4) is 0 Å². The molecule has 0 bridgehead atoms. The lowest BCUT2D eigenvalue weighted by atomic mass is 10.2. The van der Waals surface area contributed by atoms with E-state index in [2.05, 4.69) is 19.7 Å². The van der Waals surface area contributed by atoms with Gasteiger partial charge in [0.05, 0.1) is 6.20 Å². The number of hydrogen-bond donors (Lipinski definition) is 1. The molecule has 1 atom stereocenters. The van der Waals surface area contributed by atoms with Crippen LogP contribution < -0.4 is 9.62 Å². The fourth-order valence-corrected chi connectivity index (χ4v) is 3.60. The van der Waals surface area contributed by atoms with Gasteiger partial charge in [0.1, 0.15) is 5.82 Å². The lowest BCUT2D eigenvalue weighted by Crippen LogP contribution is -2.18. The van der Waals surface area contributed by atoms with Crippen LogP contribution in [0.1, 0.15) is 12.8 Å². The van der Waals surface area contributed by atoms with Crippen molar-refractivity contribution < 1.29 is 9.00 Å². The third kappa shape index (κ3) is 2.65. The van der Waals surface area contributed by atoms with Crippen molar-refractivity contribution in [2.75, 3.05) is 18.0 Å². The Kier molecular flexibility index (Phi) is 3.45. The van der Waals surface area contributed by atoms with E-state index in [0.717, 1.165) is 30.0 Å². The van der Waals surface area contributed by atoms with E-state index in [0.29, 0.717) is 5.03 Å². The molecule has 7 nitrogen and oxygen atoms in total. The van der Waals surface area contributed by atoms with Crippen LogP contribution in [-0.4, -0.2) is 38.0 Å². The number of pyridine rings is 1. The molecule has 0 aromatic carbocycles. The number of carbonyl (C=O) groups excluding carboxylic acids is 1. The van der Waals surface area contributed by atoms with E-state index >= 15 is 0 Å². The van der Waals surface area contributed by atoms with E-state index in [9.17, 15) is 9.00 Å². The summed E-state index contributed by atoms with van der Waals surface area (Å²) in [5.41, 5.74) is 1.80. The van der Waals surface area contributed by atoms with Crippen LogP contribution >= 0.6 is 0 Å². The van der Waals surface area contributed by atoms with Crippen molar-refractivity contribution in [2.45, 2.75) is 12.8 Å². The second-order valence-corrected chi connectivity index (χ2v) is 6.65. The number of carbonyl (C=O) groups is 1. The number of hydrogen-bond acceptors (Lipinski definition) is 5. The molecule has 1 unspecified atom stereocenters. The largest absolute Gasteiger partial charge is 0.357 e. The minimum Gasteiger partial charge on any atom is -0.357 e. The Hall–Kier alpha value is -2.48. The summed E-state index contributed by atoms with van der Waals surface area (Å²) >= 11 is 0. The lowest BCUT2D eigenvalue weighted by Gasteiger charge is -2.15. The first-order valence-electron chi connectivity index (χ1n) is 7.41. The molecule has 1 saturated heterocycles. The minimum absolute atomic E-state index is 0.336. The topological polar surface area (TPSA) is 80.1 Å². The molecular weight excluding hydrogens is 314 g/mol. The van der Waals surface area contributed by atoms with Gasteiger partial charge < -0.3 is 4.90 Å². The van der Waals surface area contributed by atoms with Gasteiger partial charge in [0.15, 0.2) is 16.0 Å². The maximum atomic E-state index is 11.8. The normalized spacial score (nSPS) is 20.7. The summed E-state index contributed by atoms with van der Waals surface area (Å²) in [6, 6.07) is 4.02. The zero-order valence-corrected chi connectivity index (χ0v) is 13.1. The van der Waals surface area contributed by atoms with Crippen molar-refractivity contribution in [3.05, 3.63) is 36.8 Å². The molecule has 0 aliphatic carbocycles. The van der Waals surface area contributed by atoms with Gasteiger partial charge in [-0.2, -0.15) is 5.10 Å². The minimum atomic E-state index is -1.55. The molecule has 8 heteroatoms. The molecule has 2 aliphatic rings. The second kappa shape index (κ2) is 5.62. The highest BCUT2D eigenvalue weighted by Gasteiger charge is 2.22. The molecule has 2 aromatic heterocycles. The second-order valence-electron chi connectivity index (χ2n) is 5.49. The number of anilines is 1. The maximum Gasteiger partial charge on any atom is 0.258 e. The van der Waals surface area contributed by atoms with Crippen LogP contribution in [0.5, 0.6) is 0 Å². The van der Waals surface area contributed by atoms with Gasteiger partial charge in [0, 0.05) is 42.7 Å². The summed E-state index contributed by atoms with van der Waals surface area (Å²) in [4.78, 5) is 18.0. The van der Waals surface area contributed by atoms with Crippen molar-refractivity contribution in [3.63, 3.8) is 0 Å². The van der Waals surface area contributed by atoms with E-state index in [-0.39, 0.29) is 5.91 Å². The SMILES string of the molecule is O=C1C=C(n2cc(-c3ccc(N4CCCC4)nc3)cn2)S(=O)N1. The Morgan fingerprint density at radius 2 is 1.96 bits per heavy atom. The van der Waals surface area contributed by atoms with E-state index in [1.54, 1.807) is 12.4 Å². The zero-order chi connectivity index (χ0) is 15.8. The van der Waals surface area contributed by atoms with Crippen LogP contribution in [0, 0.1) is 0 Å². The highest BCUT2D eigenvalue weighted by Crippen LogP contribution is 2.24. The lowest BCUT2D eigenvalue weighted by molar-refractivity contribution is -0.114. The van der Waals surface area contributed by atoms with Gasteiger partial charge in [-0.25, -0.2) is 13.9 Å². The summed E-state index contributed by atoms with van der Waals surface area (Å²) in [6.07, 6.45) is 8.97. The number of nitrogens with zero attached hydrogens (tertiary/aromatic N) is 4. The van der Waals surface area contributed by atoms with Gasteiger partial charge in [0.2, 0.25) is 0 Å². The molecule has 0 saturated carbocycles. The third-order valence-electron chi connectivity index (χ3n) is 3.96. The number of amides is 1. The molecule has 4 heterocycles. The molecule has 1 fully saturated rings. The van der Waals surface area contributed by atoms with Crippen LogP contribution in [0.4, 0.5) is 5.82 Å². The summed E-state index contributed by atoms with van der Waals surface area (Å²) in [7, 11) is -1.55. The molecule has 1 amide bonds. The molecule has 2 aliphatic heterocycles. The quantitative estimate of drug-likeness (QED) is 0.913. The summed E-state index contributed by atoms with van der Waals surface area (Å²) < 4.78 is 15.5. The predicted octanol–water partition coefficient (Wildman–Crippen LogP) is 1.14. The van der Waals surface area contributed by atoms with Gasteiger partial charge in [-0.05, 0) is 25.0 Å². The standard InChI is InChI=1S/C15H15N5O2S/c21-14-7-15(23(22)18-14)20-10-12(9-17-20)11-3-4-13(16-8-11)19-5-1-2-6-19/h3-4,7-10H,1-2,5-6H2,(H,18,21). The Morgan fingerprint density at radius 3 is 2.61 bits per heavy atom. The zero-order valence-electron chi connectivity index (χ0n) is 12.3. The van der Waals surface area contributed by atoms with E-state index in [1.165, 1.54) is 23.6 Å². The Balaban J connectivity index is 1.58. The van der Waals surface area contributed by atoms with E-state index < -0.39 is 11.0 Å². The molecule has 4 rings (SSSR count). The summed E-state index contributed by atoms with van der Waals surface area (Å²) in [5, 5.41) is 4.52. The fourth-order valence-electron chi connectivity index (χ4n) is 2.77. The molecule has 1 N–H and O–H groups in total. The molecule has 2 aromatic rings. The third-order valence-corrected chi connectivity index (χ3v) is 5.03. The highest BCUT2D eigenvalue weighted by molar-refractivity contribution is 7.93. The predicted molar refractivity (Wildman–Crippen MR) is 87.5 cm³/mol. The van der Waals surface area contributed by atoms with Crippen LogP contribution in [0.15, 0.2) is 36.8 Å². The van der Waals surface area contributed by atoms with Gasteiger partial charge in [-0.3, -0.25) is 9.52 Å². The first kappa shape index (κ1) is 14.1. The highest BCUT2D eigenvalue weighted by atomic mass is 32.2. The smallest absolute Gasteiger partial charge is 0.258 e. The van der Waals surface area contributed by atoms with Crippen LogP contribution in [0.25, 0.3) is 16.2 Å². The molecule has 0 radical (unpaired) electrons. The van der Waals surface area contributed by atoms with Crippen LogP contribution in [-0.2, 0) is 15.8 Å². The van der Waals surface area contributed by atoms with Crippen molar-refractivity contribution >= 4 is 27.7 Å². The molecule has 0 spiro atoms. The van der Waals surface area contributed by atoms with Crippen LogP contribution in [0.2, 0.25) is 0 Å². The van der Waals surface area contributed by atoms with Crippen molar-refractivity contribution in [2.24, 2.45) is 0 Å². The van der Waals surface area contributed by atoms with E-state index in [4.69, 9.17) is 0 Å². The Morgan fingerprint density at radius 1 is 1.13 bits per heavy atom. The molecule has 23 heavy (non-hydrogen) atoms. The summed E-state index contributed by atoms with van der Waals surface area (Å²) in [6.45, 7) is 2.12. The average molecular weight is 329 g/mol. The Labute approximate surface area is 135 Å². The van der Waals surface area contributed by atoms with Gasteiger partial charge >= 0.3 is 0 Å². The van der Waals surface area contributed by atoms with Gasteiger partial charge in [-0.15, -0.1) is 0 Å². The number of rotatable bonds is 3.